The summed E-state index contributed by atoms with van der Waals surface area (Å²) in [5.41, 5.74) is 0.252. The van der Waals surface area contributed by atoms with Gasteiger partial charge in [0.15, 0.2) is 0 Å². The fourth-order valence-electron chi connectivity index (χ4n) is 2.15. The summed E-state index contributed by atoms with van der Waals surface area (Å²) < 4.78 is 0. The Morgan fingerprint density at radius 1 is 0.520 bits per heavy atom. The van der Waals surface area contributed by atoms with E-state index in [1.165, 1.54) is 0 Å². The van der Waals surface area contributed by atoms with E-state index in [0.29, 0.717) is 0 Å². The van der Waals surface area contributed by atoms with Gasteiger partial charge < -0.3 is 10.6 Å². The van der Waals surface area contributed by atoms with Gasteiger partial charge in [-0.25, -0.2) is 0 Å². The molecule has 2 N–H and O–H groups in total. The zero-order valence-electron chi connectivity index (χ0n) is 19.2. The average Bonchev–Trinajstić information content (AvgIpc) is 2.02. The molecule has 0 spiro atoms. The fourth-order valence-corrected chi connectivity index (χ4v) is 2.15. The van der Waals surface area contributed by atoms with E-state index in [0.717, 1.165) is 11.7 Å². The monoisotopic (exact) mass is 398 g/mol. The van der Waals surface area contributed by atoms with E-state index in [2.05, 4.69) is 104 Å². The Hall–Kier alpha value is -0.566. The van der Waals surface area contributed by atoms with Crippen molar-refractivity contribution >= 4 is 11.7 Å². The minimum absolute atomic E-state index is 0. The van der Waals surface area contributed by atoms with E-state index in [-0.39, 0.29) is 38.6 Å². The molecule has 0 bridgehead atoms. The fraction of sp³-hybridized carbons (Fsp3) is 0.900. The van der Waals surface area contributed by atoms with Crippen molar-refractivity contribution in [3.05, 3.63) is 0 Å². The molecule has 0 unspecified atom stereocenters. The first-order chi connectivity index (χ1) is 10.2. The van der Waals surface area contributed by atoms with E-state index in [1.54, 1.807) is 0 Å². The molecule has 0 rings (SSSR count). The SMILES string of the molecule is CC(=NC(C)(C)C)NC(C)(C)C.CC(=NC(C)(C)C)NC(C)(C)C.[Ni+2]. The molecule has 152 valence electrons. The topological polar surface area (TPSA) is 48.8 Å². The molecule has 25 heavy (non-hydrogen) atoms. The number of hydrogen-bond donors (Lipinski definition) is 2. The first-order valence-corrected chi connectivity index (χ1v) is 8.89. The van der Waals surface area contributed by atoms with E-state index in [9.17, 15) is 0 Å². The number of hydrogen-bond acceptors (Lipinski definition) is 2. The molecule has 0 saturated heterocycles. The molecule has 0 aromatic carbocycles. The molecular formula is C20H44N4Ni+2. The van der Waals surface area contributed by atoms with Gasteiger partial charge in [-0.3, -0.25) is 9.98 Å². The van der Waals surface area contributed by atoms with Crippen LogP contribution in [0, 0.1) is 0 Å². The smallest absolute Gasteiger partial charge is 0.369 e. The second-order valence-electron chi connectivity index (χ2n) is 10.5. The molecule has 0 aliphatic heterocycles. The van der Waals surface area contributed by atoms with Gasteiger partial charge in [0, 0.05) is 11.1 Å². The predicted molar refractivity (Wildman–Crippen MR) is 112 cm³/mol. The summed E-state index contributed by atoms with van der Waals surface area (Å²) in [7, 11) is 0. The predicted octanol–water partition coefficient (Wildman–Crippen LogP) is 5.18. The molecule has 4 nitrogen and oxygen atoms in total. The van der Waals surface area contributed by atoms with Crippen molar-refractivity contribution in [3.63, 3.8) is 0 Å². The van der Waals surface area contributed by atoms with Crippen molar-refractivity contribution in [3.8, 4) is 0 Å². The Bertz CT molecular complexity index is 383. The number of rotatable bonds is 0. The van der Waals surface area contributed by atoms with Crippen molar-refractivity contribution in [2.45, 2.75) is 119 Å². The molecule has 0 amide bonds. The van der Waals surface area contributed by atoms with Crippen LogP contribution in [-0.4, -0.2) is 33.8 Å². The Kier molecular flexibility index (Phi) is 12.3. The van der Waals surface area contributed by atoms with Gasteiger partial charge in [-0.05, 0) is 96.9 Å². The van der Waals surface area contributed by atoms with E-state index < -0.39 is 0 Å². The number of nitrogens with zero attached hydrogens (tertiary/aromatic N) is 2. The Morgan fingerprint density at radius 3 is 0.840 bits per heavy atom. The molecule has 0 saturated carbocycles. The summed E-state index contributed by atoms with van der Waals surface area (Å²) in [5, 5.41) is 6.65. The van der Waals surface area contributed by atoms with E-state index in [4.69, 9.17) is 0 Å². The Balaban J connectivity index is -0.000000372. The third kappa shape index (κ3) is 28.5. The van der Waals surface area contributed by atoms with Gasteiger partial charge in [0.05, 0.1) is 22.7 Å². The van der Waals surface area contributed by atoms with Gasteiger partial charge in [0.25, 0.3) is 0 Å². The van der Waals surface area contributed by atoms with Crippen LogP contribution in [0.1, 0.15) is 96.9 Å². The first-order valence-electron chi connectivity index (χ1n) is 8.89. The van der Waals surface area contributed by atoms with Crippen LogP contribution in [0.3, 0.4) is 0 Å². The van der Waals surface area contributed by atoms with Gasteiger partial charge in [-0.15, -0.1) is 0 Å². The Labute approximate surface area is 168 Å². The second kappa shape index (κ2) is 10.6. The first kappa shape index (κ1) is 29.2. The van der Waals surface area contributed by atoms with E-state index >= 15 is 0 Å². The molecule has 0 aromatic heterocycles. The third-order valence-electron chi connectivity index (χ3n) is 2.12. The van der Waals surface area contributed by atoms with Crippen molar-refractivity contribution in [2.75, 3.05) is 0 Å². The normalized spacial score (nSPS) is 14.2. The van der Waals surface area contributed by atoms with Crippen LogP contribution >= 0.6 is 0 Å². The second-order valence-corrected chi connectivity index (χ2v) is 10.5. The molecule has 5 heteroatoms. The van der Waals surface area contributed by atoms with Crippen molar-refractivity contribution in [2.24, 2.45) is 9.98 Å². The molecule has 0 aromatic rings. The molecule has 0 radical (unpaired) electrons. The maximum absolute atomic E-state index is 4.50. The van der Waals surface area contributed by atoms with Crippen LogP contribution in [0.25, 0.3) is 0 Å². The Morgan fingerprint density at radius 2 is 0.720 bits per heavy atom. The summed E-state index contributed by atoms with van der Waals surface area (Å²) in [4.78, 5) is 9.00. The van der Waals surface area contributed by atoms with Crippen LogP contribution in [0.4, 0.5) is 0 Å². The maximum Gasteiger partial charge on any atom is 2.00 e. The van der Waals surface area contributed by atoms with Crippen LogP contribution in [0.5, 0.6) is 0 Å². The van der Waals surface area contributed by atoms with Crippen LogP contribution in [0.15, 0.2) is 9.98 Å². The number of aliphatic imine (C=N–C) groups is 2. The minimum atomic E-state index is 0. The minimum Gasteiger partial charge on any atom is -0.369 e. The summed E-state index contributed by atoms with van der Waals surface area (Å²) in [6.07, 6.45) is 0. The molecule has 0 aliphatic rings. The zero-order chi connectivity index (χ0) is 20.0. The largest absolute Gasteiger partial charge is 2.00 e. The van der Waals surface area contributed by atoms with E-state index in [1.807, 2.05) is 13.8 Å². The third-order valence-corrected chi connectivity index (χ3v) is 2.12. The quantitative estimate of drug-likeness (QED) is 0.335. The molecule has 0 aliphatic carbocycles. The van der Waals surface area contributed by atoms with Crippen LogP contribution < -0.4 is 10.6 Å². The molecule has 0 heterocycles. The summed E-state index contributed by atoms with van der Waals surface area (Å²) in [6.45, 7) is 29.4. The zero-order valence-corrected chi connectivity index (χ0v) is 20.2. The van der Waals surface area contributed by atoms with Gasteiger partial charge >= 0.3 is 16.5 Å². The average molecular weight is 399 g/mol. The summed E-state index contributed by atoms with van der Waals surface area (Å²) in [5.74, 6) is 2.02. The van der Waals surface area contributed by atoms with Gasteiger partial charge in [-0.2, -0.15) is 0 Å². The summed E-state index contributed by atoms with van der Waals surface area (Å²) >= 11 is 0. The molecule has 0 fully saturated rings. The maximum atomic E-state index is 4.50. The molecular weight excluding hydrogens is 355 g/mol. The van der Waals surface area contributed by atoms with Crippen molar-refractivity contribution in [1.29, 1.82) is 0 Å². The van der Waals surface area contributed by atoms with Crippen LogP contribution in [-0.2, 0) is 16.5 Å². The summed E-state index contributed by atoms with van der Waals surface area (Å²) in [6, 6.07) is 0. The van der Waals surface area contributed by atoms with Gasteiger partial charge in [0.2, 0.25) is 0 Å². The number of nitrogens with one attached hydrogen (secondary N) is 2. The molecule has 0 atom stereocenters. The van der Waals surface area contributed by atoms with Gasteiger partial charge in [0.1, 0.15) is 0 Å². The number of amidine groups is 2. The van der Waals surface area contributed by atoms with Gasteiger partial charge in [-0.1, -0.05) is 0 Å². The standard InChI is InChI=1S/2C10H22N2.Ni/c2*1-8(11-9(2,3)4)12-10(5,6)7;/h2*1-7H3,(H,11,12);/q;;+2. The van der Waals surface area contributed by atoms with Crippen LogP contribution in [0.2, 0.25) is 0 Å². The van der Waals surface area contributed by atoms with Crippen molar-refractivity contribution < 1.29 is 16.5 Å². The van der Waals surface area contributed by atoms with Crippen molar-refractivity contribution in [1.82, 2.24) is 10.6 Å².